The van der Waals surface area contributed by atoms with Crippen molar-refractivity contribution in [3.63, 3.8) is 0 Å². The number of anilines is 1. The summed E-state index contributed by atoms with van der Waals surface area (Å²) >= 11 is 0. The number of nitro benzene ring substituents is 1. The van der Waals surface area contributed by atoms with Gasteiger partial charge in [-0.05, 0) is 37.7 Å². The molecule has 5 nitrogen and oxygen atoms in total. The van der Waals surface area contributed by atoms with Crippen molar-refractivity contribution < 1.29 is 9.72 Å². The standard InChI is InChI=1S/C15H18N2O3/c18-10-12-9-13(17(19)20)6-7-15(12)16-8-2-4-11-3-1-5-14(11)16/h6-7,9-11,14H,1-5,8H2. The van der Waals surface area contributed by atoms with E-state index in [1.165, 1.54) is 37.8 Å². The smallest absolute Gasteiger partial charge is 0.270 e. The van der Waals surface area contributed by atoms with Gasteiger partial charge < -0.3 is 4.90 Å². The van der Waals surface area contributed by atoms with Crippen LogP contribution in [0.5, 0.6) is 0 Å². The molecule has 1 aliphatic carbocycles. The van der Waals surface area contributed by atoms with Crippen LogP contribution in [0, 0.1) is 16.0 Å². The lowest BCUT2D eigenvalue weighted by molar-refractivity contribution is -0.384. The summed E-state index contributed by atoms with van der Waals surface area (Å²) < 4.78 is 0. The van der Waals surface area contributed by atoms with Gasteiger partial charge in [0.05, 0.1) is 4.92 Å². The Morgan fingerprint density at radius 3 is 2.80 bits per heavy atom. The van der Waals surface area contributed by atoms with Gasteiger partial charge in [-0.15, -0.1) is 0 Å². The molecular formula is C15H18N2O3. The Kier molecular flexibility index (Phi) is 3.42. The number of hydrogen-bond acceptors (Lipinski definition) is 4. The molecule has 1 aromatic rings. The Morgan fingerprint density at radius 2 is 2.05 bits per heavy atom. The molecule has 1 saturated heterocycles. The SMILES string of the molecule is O=Cc1cc([N+](=O)[O-])ccc1N1CCCC2CCCC21. The van der Waals surface area contributed by atoms with Gasteiger partial charge >= 0.3 is 0 Å². The van der Waals surface area contributed by atoms with Gasteiger partial charge in [-0.1, -0.05) is 6.42 Å². The van der Waals surface area contributed by atoms with Crippen LogP contribution in [0.3, 0.4) is 0 Å². The highest BCUT2D eigenvalue weighted by Gasteiger charge is 2.35. The van der Waals surface area contributed by atoms with Crippen LogP contribution < -0.4 is 4.90 Å². The third kappa shape index (κ3) is 2.17. The van der Waals surface area contributed by atoms with Crippen LogP contribution in [0.15, 0.2) is 18.2 Å². The molecule has 5 heteroatoms. The normalized spacial score (nSPS) is 25.3. The molecule has 0 N–H and O–H groups in total. The van der Waals surface area contributed by atoms with Crippen LogP contribution in [-0.4, -0.2) is 23.8 Å². The van der Waals surface area contributed by atoms with E-state index in [1.54, 1.807) is 6.07 Å². The lowest BCUT2D eigenvalue weighted by Gasteiger charge is -2.40. The zero-order valence-corrected chi connectivity index (χ0v) is 11.3. The molecule has 3 rings (SSSR count). The third-order valence-corrected chi connectivity index (χ3v) is 4.65. The van der Waals surface area contributed by atoms with E-state index >= 15 is 0 Å². The topological polar surface area (TPSA) is 63.4 Å². The number of aldehydes is 1. The summed E-state index contributed by atoms with van der Waals surface area (Å²) in [7, 11) is 0. The Labute approximate surface area is 117 Å². The van der Waals surface area contributed by atoms with Crippen LogP contribution in [0.25, 0.3) is 0 Å². The first kappa shape index (κ1) is 13.1. The number of carbonyl (C=O) groups is 1. The second kappa shape index (κ2) is 5.23. The van der Waals surface area contributed by atoms with E-state index in [2.05, 4.69) is 4.90 Å². The summed E-state index contributed by atoms with van der Waals surface area (Å²) in [6, 6.07) is 5.13. The van der Waals surface area contributed by atoms with Crippen LogP contribution in [-0.2, 0) is 0 Å². The molecule has 1 aliphatic heterocycles. The molecule has 2 atom stereocenters. The average molecular weight is 274 g/mol. The van der Waals surface area contributed by atoms with E-state index in [0.717, 1.165) is 30.9 Å². The molecule has 20 heavy (non-hydrogen) atoms. The van der Waals surface area contributed by atoms with Gasteiger partial charge in [0.1, 0.15) is 0 Å². The number of carbonyl (C=O) groups excluding carboxylic acids is 1. The molecule has 0 amide bonds. The third-order valence-electron chi connectivity index (χ3n) is 4.65. The van der Waals surface area contributed by atoms with E-state index in [1.807, 2.05) is 0 Å². The van der Waals surface area contributed by atoms with Crippen LogP contribution >= 0.6 is 0 Å². The minimum atomic E-state index is -0.453. The maximum Gasteiger partial charge on any atom is 0.270 e. The first-order valence-electron chi connectivity index (χ1n) is 7.21. The van der Waals surface area contributed by atoms with Crippen LogP contribution in [0.4, 0.5) is 11.4 Å². The van der Waals surface area contributed by atoms with Crippen molar-refractivity contribution in [1.29, 1.82) is 0 Å². The second-order valence-electron chi connectivity index (χ2n) is 5.71. The zero-order valence-electron chi connectivity index (χ0n) is 11.3. The Bertz CT molecular complexity index is 544. The zero-order chi connectivity index (χ0) is 14.1. The lowest BCUT2D eigenvalue weighted by atomic mass is 9.91. The molecule has 0 aromatic heterocycles. The summed E-state index contributed by atoms with van der Waals surface area (Å²) in [5.41, 5.74) is 1.28. The van der Waals surface area contributed by atoms with Crippen LogP contribution in [0.2, 0.25) is 0 Å². The fourth-order valence-electron chi connectivity index (χ4n) is 3.76. The van der Waals surface area contributed by atoms with E-state index < -0.39 is 4.92 Å². The Balaban J connectivity index is 1.96. The van der Waals surface area contributed by atoms with Gasteiger partial charge in [0.2, 0.25) is 0 Å². The Hall–Kier alpha value is -1.91. The molecule has 0 spiro atoms. The van der Waals surface area contributed by atoms with Crippen molar-refractivity contribution in [1.82, 2.24) is 0 Å². The molecule has 106 valence electrons. The minimum absolute atomic E-state index is 0.0177. The van der Waals surface area contributed by atoms with Crippen molar-refractivity contribution in [2.75, 3.05) is 11.4 Å². The van der Waals surface area contributed by atoms with Gasteiger partial charge in [0.15, 0.2) is 6.29 Å². The molecule has 1 saturated carbocycles. The molecule has 0 radical (unpaired) electrons. The fraction of sp³-hybridized carbons (Fsp3) is 0.533. The number of fused-ring (bicyclic) bond motifs is 1. The van der Waals surface area contributed by atoms with E-state index in [9.17, 15) is 14.9 Å². The molecule has 2 fully saturated rings. The van der Waals surface area contributed by atoms with Gasteiger partial charge in [0, 0.05) is 36.0 Å². The number of piperidine rings is 1. The van der Waals surface area contributed by atoms with E-state index in [4.69, 9.17) is 0 Å². The maximum absolute atomic E-state index is 11.3. The highest BCUT2D eigenvalue weighted by molar-refractivity contribution is 5.86. The number of benzene rings is 1. The molecule has 2 unspecified atom stereocenters. The number of nitro groups is 1. The molecule has 0 bridgehead atoms. The second-order valence-corrected chi connectivity index (χ2v) is 5.71. The predicted octanol–water partition coefficient (Wildman–Crippen LogP) is 3.18. The number of nitrogens with zero attached hydrogens (tertiary/aromatic N) is 2. The highest BCUT2D eigenvalue weighted by Crippen LogP contribution is 2.40. The number of rotatable bonds is 3. The number of non-ortho nitro benzene ring substituents is 1. The summed E-state index contributed by atoms with van der Waals surface area (Å²) in [4.78, 5) is 24.0. The average Bonchev–Trinajstić information content (AvgIpc) is 2.94. The van der Waals surface area contributed by atoms with Gasteiger partial charge in [-0.2, -0.15) is 0 Å². The van der Waals surface area contributed by atoms with Gasteiger partial charge in [-0.3, -0.25) is 14.9 Å². The predicted molar refractivity (Wildman–Crippen MR) is 76.2 cm³/mol. The van der Waals surface area contributed by atoms with Crippen LogP contribution in [0.1, 0.15) is 42.5 Å². The fourth-order valence-corrected chi connectivity index (χ4v) is 3.76. The van der Waals surface area contributed by atoms with Gasteiger partial charge in [-0.25, -0.2) is 0 Å². The first-order valence-corrected chi connectivity index (χ1v) is 7.21. The largest absolute Gasteiger partial charge is 0.368 e. The van der Waals surface area contributed by atoms with E-state index in [-0.39, 0.29) is 5.69 Å². The van der Waals surface area contributed by atoms with Crippen molar-refractivity contribution in [2.45, 2.75) is 38.1 Å². The summed E-state index contributed by atoms with van der Waals surface area (Å²) in [6.45, 7) is 0.944. The molecule has 2 aliphatic rings. The number of hydrogen-bond donors (Lipinski definition) is 0. The van der Waals surface area contributed by atoms with E-state index in [0.29, 0.717) is 11.6 Å². The van der Waals surface area contributed by atoms with Gasteiger partial charge in [0.25, 0.3) is 5.69 Å². The summed E-state index contributed by atoms with van der Waals surface area (Å²) in [5, 5.41) is 10.8. The van der Waals surface area contributed by atoms with Crippen molar-refractivity contribution in [2.24, 2.45) is 5.92 Å². The maximum atomic E-state index is 11.3. The van der Waals surface area contributed by atoms with Crippen molar-refractivity contribution in [3.8, 4) is 0 Å². The molecule has 1 aromatic carbocycles. The van der Waals surface area contributed by atoms with Crippen molar-refractivity contribution in [3.05, 3.63) is 33.9 Å². The Morgan fingerprint density at radius 1 is 1.25 bits per heavy atom. The monoisotopic (exact) mass is 274 g/mol. The summed E-state index contributed by atoms with van der Waals surface area (Å²) in [5.74, 6) is 0.721. The summed E-state index contributed by atoms with van der Waals surface area (Å²) in [6.07, 6.45) is 6.82. The van der Waals surface area contributed by atoms with Crippen molar-refractivity contribution >= 4 is 17.7 Å². The molecular weight excluding hydrogens is 256 g/mol. The first-order chi connectivity index (χ1) is 9.70. The highest BCUT2D eigenvalue weighted by atomic mass is 16.6. The molecule has 1 heterocycles. The minimum Gasteiger partial charge on any atom is -0.368 e. The quantitative estimate of drug-likeness (QED) is 0.482. The lowest BCUT2D eigenvalue weighted by Crippen LogP contribution is -2.43.